The minimum Gasteiger partial charge on any atom is -0.344 e. The van der Waals surface area contributed by atoms with E-state index in [1.165, 1.54) is 88.8 Å². The highest BCUT2D eigenvalue weighted by atomic mass is 15.1. The largest absolute Gasteiger partial charge is 0.344 e. The van der Waals surface area contributed by atoms with E-state index in [4.69, 9.17) is 0 Å². The number of benzene rings is 6. The van der Waals surface area contributed by atoms with Crippen LogP contribution >= 0.6 is 0 Å². The van der Waals surface area contributed by atoms with Crippen molar-refractivity contribution in [3.05, 3.63) is 150 Å². The summed E-state index contributed by atoms with van der Waals surface area (Å²) < 4.78 is 0. The first-order valence-corrected chi connectivity index (χ1v) is 16.3. The fourth-order valence-electron chi connectivity index (χ4n) is 8.03. The molecule has 3 heterocycles. The third-order valence-corrected chi connectivity index (χ3v) is 10.3. The third kappa shape index (κ3) is 4.15. The molecule has 1 aromatic heterocycles. The molecule has 3 heteroatoms. The van der Waals surface area contributed by atoms with Gasteiger partial charge in [0.15, 0.2) is 0 Å². The number of anilines is 4. The summed E-state index contributed by atoms with van der Waals surface area (Å²) in [5.41, 5.74) is 15.7. The summed E-state index contributed by atoms with van der Waals surface area (Å²) in [5, 5.41) is 4.93. The molecule has 0 radical (unpaired) electrons. The average Bonchev–Trinajstić information content (AvgIpc) is 3.34. The second kappa shape index (κ2) is 10.6. The molecule has 0 fully saturated rings. The first-order chi connectivity index (χ1) is 22.7. The maximum atomic E-state index is 4.69. The number of aromatic nitrogens is 1. The highest BCUT2D eigenvalue weighted by Gasteiger charge is 2.23. The molecule has 0 saturated heterocycles. The Morgan fingerprint density at radius 2 is 0.870 bits per heavy atom. The van der Waals surface area contributed by atoms with E-state index in [1.54, 1.807) is 0 Å². The van der Waals surface area contributed by atoms with Crippen LogP contribution in [0.4, 0.5) is 22.7 Å². The monoisotopic (exact) mass is 593 g/mol. The summed E-state index contributed by atoms with van der Waals surface area (Å²) in [6.07, 6.45) is 8.20. The average molecular weight is 594 g/mol. The van der Waals surface area contributed by atoms with E-state index in [2.05, 4.69) is 150 Å². The number of para-hydroxylation sites is 2. The van der Waals surface area contributed by atoms with Crippen molar-refractivity contribution in [1.29, 1.82) is 0 Å². The molecule has 0 amide bonds. The minimum absolute atomic E-state index is 1.04. The van der Waals surface area contributed by atoms with Gasteiger partial charge in [-0.2, -0.15) is 0 Å². The van der Waals surface area contributed by atoms with E-state index < -0.39 is 0 Å². The normalized spacial score (nSPS) is 13.9. The topological polar surface area (TPSA) is 19.4 Å². The first-order valence-electron chi connectivity index (χ1n) is 16.3. The standard InChI is InChI=1S/C43H35N3/c1-45-38-13-7-3-9-28(38)15-17-30-19-21-32(25-40(30)45)42-34-11-5-6-12-35(34)43(37-27-44-24-23-36(37)42)33-22-20-31-18-16-29-10-4-8-14-39(29)46(2)41(31)26-33/h3-14,19-27H,15-18H2,1-2H3. The predicted molar refractivity (Wildman–Crippen MR) is 194 cm³/mol. The summed E-state index contributed by atoms with van der Waals surface area (Å²) in [6, 6.07) is 42.9. The second-order valence-electron chi connectivity index (χ2n) is 12.8. The van der Waals surface area contributed by atoms with Crippen LogP contribution in [0.25, 0.3) is 43.8 Å². The van der Waals surface area contributed by atoms with Gasteiger partial charge < -0.3 is 9.80 Å². The lowest BCUT2D eigenvalue weighted by atomic mass is 9.85. The Balaban J connectivity index is 1.26. The van der Waals surface area contributed by atoms with Crippen molar-refractivity contribution >= 4 is 44.3 Å². The van der Waals surface area contributed by atoms with E-state index in [0.717, 1.165) is 25.7 Å². The van der Waals surface area contributed by atoms with Crippen molar-refractivity contribution in [2.24, 2.45) is 0 Å². The van der Waals surface area contributed by atoms with Crippen LogP contribution in [0, 0.1) is 0 Å². The highest BCUT2D eigenvalue weighted by molar-refractivity contribution is 6.21. The molecule has 0 aliphatic carbocycles. The molecule has 46 heavy (non-hydrogen) atoms. The number of fused-ring (bicyclic) bond motifs is 6. The van der Waals surface area contributed by atoms with Gasteiger partial charge in [-0.05, 0) is 117 Å². The van der Waals surface area contributed by atoms with Gasteiger partial charge >= 0.3 is 0 Å². The van der Waals surface area contributed by atoms with Crippen LogP contribution in [-0.4, -0.2) is 19.1 Å². The fourth-order valence-corrected chi connectivity index (χ4v) is 8.03. The number of rotatable bonds is 2. The first kappa shape index (κ1) is 26.9. The van der Waals surface area contributed by atoms with E-state index in [1.807, 2.05) is 6.20 Å². The molecule has 7 aromatic rings. The molecular weight excluding hydrogens is 558 g/mol. The Morgan fingerprint density at radius 1 is 0.435 bits per heavy atom. The molecule has 0 saturated carbocycles. The maximum absolute atomic E-state index is 4.69. The molecule has 0 atom stereocenters. The summed E-state index contributed by atoms with van der Waals surface area (Å²) in [4.78, 5) is 9.45. The third-order valence-electron chi connectivity index (χ3n) is 10.3. The van der Waals surface area contributed by atoms with Crippen LogP contribution in [-0.2, 0) is 25.7 Å². The lowest BCUT2D eigenvalue weighted by Gasteiger charge is -2.24. The van der Waals surface area contributed by atoms with Crippen molar-refractivity contribution in [1.82, 2.24) is 4.98 Å². The van der Waals surface area contributed by atoms with Gasteiger partial charge in [-0.1, -0.05) is 84.9 Å². The van der Waals surface area contributed by atoms with Gasteiger partial charge in [-0.15, -0.1) is 0 Å². The van der Waals surface area contributed by atoms with Gasteiger partial charge in [0.1, 0.15) is 0 Å². The van der Waals surface area contributed by atoms with Crippen LogP contribution in [0.15, 0.2) is 128 Å². The molecule has 0 unspecified atom stereocenters. The zero-order valence-corrected chi connectivity index (χ0v) is 26.3. The molecule has 0 bridgehead atoms. The zero-order chi connectivity index (χ0) is 30.8. The van der Waals surface area contributed by atoms with E-state index >= 15 is 0 Å². The Bertz CT molecular complexity index is 2100. The SMILES string of the molecule is CN1c2ccccc2CCc2ccc(-c3c4ccccc4c(-c4ccc5c(c4)N(C)c4ccccc4CC5)c4cnccc34)cc21. The summed E-state index contributed by atoms with van der Waals surface area (Å²) in [6.45, 7) is 0. The Morgan fingerprint density at radius 3 is 1.41 bits per heavy atom. The summed E-state index contributed by atoms with van der Waals surface area (Å²) in [7, 11) is 4.42. The number of pyridine rings is 1. The number of hydrogen-bond donors (Lipinski definition) is 0. The zero-order valence-electron chi connectivity index (χ0n) is 26.3. The van der Waals surface area contributed by atoms with Crippen molar-refractivity contribution < 1.29 is 0 Å². The number of aryl methyl sites for hydroxylation is 4. The molecule has 9 rings (SSSR count). The summed E-state index contributed by atoms with van der Waals surface area (Å²) in [5.74, 6) is 0. The smallest absolute Gasteiger partial charge is 0.0447 e. The molecule has 0 N–H and O–H groups in total. The Hall–Kier alpha value is -5.41. The van der Waals surface area contributed by atoms with E-state index in [9.17, 15) is 0 Å². The lowest BCUT2D eigenvalue weighted by molar-refractivity contribution is 0.978. The molecule has 3 nitrogen and oxygen atoms in total. The molecular formula is C43H35N3. The fraction of sp³-hybridized carbons (Fsp3) is 0.140. The highest BCUT2D eigenvalue weighted by Crippen LogP contribution is 2.46. The molecule has 0 spiro atoms. The van der Waals surface area contributed by atoms with Crippen molar-refractivity contribution in [3.63, 3.8) is 0 Å². The maximum Gasteiger partial charge on any atom is 0.0447 e. The quantitative estimate of drug-likeness (QED) is 0.186. The molecule has 2 aliphatic heterocycles. The van der Waals surface area contributed by atoms with Gasteiger partial charge in [0.05, 0.1) is 0 Å². The number of hydrogen-bond acceptors (Lipinski definition) is 3. The minimum atomic E-state index is 1.04. The molecule has 222 valence electrons. The van der Waals surface area contributed by atoms with Crippen LogP contribution < -0.4 is 9.80 Å². The van der Waals surface area contributed by atoms with Gasteiger partial charge in [0.25, 0.3) is 0 Å². The van der Waals surface area contributed by atoms with Crippen LogP contribution in [0.5, 0.6) is 0 Å². The van der Waals surface area contributed by atoms with Crippen LogP contribution in [0.2, 0.25) is 0 Å². The van der Waals surface area contributed by atoms with Gasteiger partial charge in [0.2, 0.25) is 0 Å². The molecule has 2 aliphatic rings. The lowest BCUT2D eigenvalue weighted by Crippen LogP contribution is -2.11. The van der Waals surface area contributed by atoms with Crippen molar-refractivity contribution in [2.75, 3.05) is 23.9 Å². The van der Waals surface area contributed by atoms with Crippen molar-refractivity contribution in [2.45, 2.75) is 25.7 Å². The number of nitrogens with zero attached hydrogens (tertiary/aromatic N) is 3. The van der Waals surface area contributed by atoms with Crippen molar-refractivity contribution in [3.8, 4) is 22.3 Å². The van der Waals surface area contributed by atoms with Crippen LogP contribution in [0.3, 0.4) is 0 Å². The Labute approximate surface area is 270 Å². The summed E-state index contributed by atoms with van der Waals surface area (Å²) >= 11 is 0. The Kier molecular flexibility index (Phi) is 6.21. The van der Waals surface area contributed by atoms with E-state index in [0.29, 0.717) is 0 Å². The molecule has 6 aromatic carbocycles. The second-order valence-corrected chi connectivity index (χ2v) is 12.8. The van der Waals surface area contributed by atoms with Gasteiger partial charge in [-0.3, -0.25) is 4.98 Å². The van der Waals surface area contributed by atoms with E-state index in [-0.39, 0.29) is 0 Å². The predicted octanol–water partition coefficient (Wildman–Crippen LogP) is 10.5. The van der Waals surface area contributed by atoms with Gasteiger partial charge in [-0.25, -0.2) is 0 Å². The van der Waals surface area contributed by atoms with Gasteiger partial charge in [0, 0.05) is 54.6 Å². The van der Waals surface area contributed by atoms with Crippen LogP contribution in [0.1, 0.15) is 22.3 Å².